The summed E-state index contributed by atoms with van der Waals surface area (Å²) in [5, 5.41) is 24.5. The smallest absolute Gasteiger partial charge is 0.114 e. The molecular formula is C28H31NO5. The molecule has 34 heavy (non-hydrogen) atoms. The van der Waals surface area contributed by atoms with Crippen LogP contribution in [-0.2, 0) is 34.1 Å². The average molecular weight is 462 g/mol. The van der Waals surface area contributed by atoms with Crippen LogP contribution in [0, 0.1) is 5.92 Å². The first-order valence-corrected chi connectivity index (χ1v) is 11.8. The van der Waals surface area contributed by atoms with Gasteiger partial charge in [0, 0.05) is 12.5 Å². The number of ether oxygens (including phenoxy) is 2. The first-order valence-electron chi connectivity index (χ1n) is 11.8. The second-order valence-corrected chi connectivity index (χ2v) is 9.01. The van der Waals surface area contributed by atoms with Crippen LogP contribution < -0.4 is 0 Å². The molecule has 0 bridgehead atoms. The fraction of sp³-hybridized carbons (Fsp3) is 0.357. The van der Waals surface area contributed by atoms with Crippen molar-refractivity contribution >= 4 is 0 Å². The van der Waals surface area contributed by atoms with Crippen LogP contribution in [0.1, 0.15) is 16.7 Å². The van der Waals surface area contributed by atoms with Gasteiger partial charge in [0.1, 0.15) is 18.3 Å². The number of hydrogen-bond acceptors (Lipinski definition) is 6. The van der Waals surface area contributed by atoms with Gasteiger partial charge in [-0.15, -0.1) is 0 Å². The molecule has 0 spiro atoms. The Hall–Kier alpha value is -2.58. The van der Waals surface area contributed by atoms with Gasteiger partial charge in [0.2, 0.25) is 0 Å². The highest BCUT2D eigenvalue weighted by atomic mass is 16.7. The Morgan fingerprint density at radius 1 is 0.676 bits per heavy atom. The first-order chi connectivity index (χ1) is 16.7. The van der Waals surface area contributed by atoms with Crippen molar-refractivity contribution in [3.05, 3.63) is 108 Å². The van der Waals surface area contributed by atoms with E-state index in [-0.39, 0.29) is 12.0 Å². The normalized spacial score (nSPS) is 29.1. The van der Waals surface area contributed by atoms with Gasteiger partial charge in [-0.1, -0.05) is 91.0 Å². The topological polar surface area (TPSA) is 71.4 Å². The Kier molecular flexibility index (Phi) is 7.35. The number of aliphatic hydroxyl groups is 2. The summed E-state index contributed by atoms with van der Waals surface area (Å²) in [7, 11) is 0. The average Bonchev–Trinajstić information content (AvgIpc) is 3.29. The minimum absolute atomic E-state index is 0.186. The van der Waals surface area contributed by atoms with Gasteiger partial charge in [-0.05, 0) is 16.7 Å². The lowest BCUT2D eigenvalue weighted by Gasteiger charge is -2.45. The second-order valence-electron chi connectivity index (χ2n) is 9.01. The van der Waals surface area contributed by atoms with Crippen LogP contribution in [0.4, 0.5) is 0 Å². The second kappa shape index (κ2) is 10.8. The van der Waals surface area contributed by atoms with E-state index < -0.39 is 24.4 Å². The third kappa shape index (κ3) is 5.08. The zero-order chi connectivity index (χ0) is 23.3. The number of nitrogens with zero attached hydrogens (tertiary/aromatic N) is 1. The van der Waals surface area contributed by atoms with Crippen molar-refractivity contribution in [1.82, 2.24) is 5.06 Å². The standard InChI is InChI=1S/C28H31NO5/c30-25-24-23(19-34-29(24)16-20-10-4-1-5-11-20)27(32-17-21-12-6-2-7-13-21)26(31)28(25)33-18-22-14-8-3-9-15-22/h1-15,23-28,30-31H,16-19H2/t23-,24+,25-,26+,27+,28+/m0/s1. The molecule has 1 aliphatic carbocycles. The molecule has 0 radical (unpaired) electrons. The third-order valence-corrected chi connectivity index (χ3v) is 6.74. The Bertz CT molecular complexity index is 1020. The van der Waals surface area contributed by atoms with Crippen LogP contribution >= 0.6 is 0 Å². The molecular weight excluding hydrogens is 430 g/mol. The van der Waals surface area contributed by atoms with E-state index in [9.17, 15) is 10.2 Å². The molecule has 6 atom stereocenters. The summed E-state index contributed by atoms with van der Waals surface area (Å²) in [6, 6.07) is 29.3. The van der Waals surface area contributed by atoms with Gasteiger partial charge < -0.3 is 19.7 Å². The van der Waals surface area contributed by atoms with E-state index in [0.29, 0.717) is 26.4 Å². The molecule has 5 rings (SSSR count). The van der Waals surface area contributed by atoms with Crippen molar-refractivity contribution in [2.24, 2.45) is 5.92 Å². The van der Waals surface area contributed by atoms with E-state index in [1.807, 2.05) is 96.1 Å². The van der Waals surface area contributed by atoms with Gasteiger partial charge in [-0.2, -0.15) is 5.06 Å². The summed E-state index contributed by atoms with van der Waals surface area (Å²) in [5.41, 5.74) is 3.10. The lowest BCUT2D eigenvalue weighted by molar-refractivity contribution is -0.226. The molecule has 0 unspecified atom stereocenters. The van der Waals surface area contributed by atoms with E-state index >= 15 is 0 Å². The van der Waals surface area contributed by atoms with Crippen LogP contribution in [0.2, 0.25) is 0 Å². The number of hydrogen-bond donors (Lipinski definition) is 2. The van der Waals surface area contributed by atoms with Crippen LogP contribution in [0.15, 0.2) is 91.0 Å². The van der Waals surface area contributed by atoms with Gasteiger partial charge in [-0.25, -0.2) is 0 Å². The molecule has 2 N–H and O–H groups in total. The zero-order valence-electron chi connectivity index (χ0n) is 19.0. The molecule has 3 aromatic carbocycles. The maximum Gasteiger partial charge on any atom is 0.114 e. The number of fused-ring (bicyclic) bond motifs is 1. The van der Waals surface area contributed by atoms with Gasteiger partial charge >= 0.3 is 0 Å². The highest BCUT2D eigenvalue weighted by Gasteiger charge is 2.56. The molecule has 0 aromatic heterocycles. The number of aliphatic hydroxyl groups excluding tert-OH is 2. The fourth-order valence-corrected chi connectivity index (χ4v) is 5.00. The molecule has 2 fully saturated rings. The summed E-state index contributed by atoms with van der Waals surface area (Å²) < 4.78 is 12.4. The van der Waals surface area contributed by atoms with Crippen molar-refractivity contribution in [3.8, 4) is 0 Å². The molecule has 2 aliphatic rings. The largest absolute Gasteiger partial charge is 0.389 e. The number of benzene rings is 3. The molecule has 6 heteroatoms. The Labute approximate surface area is 200 Å². The summed E-state index contributed by atoms with van der Waals surface area (Å²) >= 11 is 0. The summed E-state index contributed by atoms with van der Waals surface area (Å²) in [6.07, 6.45) is -3.24. The minimum Gasteiger partial charge on any atom is -0.389 e. The lowest BCUT2D eigenvalue weighted by Crippen LogP contribution is -2.64. The molecule has 178 valence electrons. The van der Waals surface area contributed by atoms with Crippen LogP contribution in [0.25, 0.3) is 0 Å². The predicted octanol–water partition coefficient (Wildman–Crippen LogP) is 3.32. The van der Waals surface area contributed by atoms with Crippen molar-refractivity contribution in [2.75, 3.05) is 6.61 Å². The molecule has 1 aliphatic heterocycles. The molecule has 3 aromatic rings. The minimum atomic E-state index is -0.982. The van der Waals surface area contributed by atoms with Gasteiger partial charge in [0.15, 0.2) is 0 Å². The SMILES string of the molecule is O[C@@H]1[C@@H](OCc2ccccc2)[C@H](O)[C@H](OCc2ccccc2)[C@H]2CON(Cc3ccccc3)[C@@H]12. The predicted molar refractivity (Wildman–Crippen MR) is 127 cm³/mol. The monoisotopic (exact) mass is 461 g/mol. The summed E-state index contributed by atoms with van der Waals surface area (Å²) in [5.74, 6) is -0.186. The lowest BCUT2D eigenvalue weighted by atomic mass is 9.77. The zero-order valence-corrected chi connectivity index (χ0v) is 19.0. The molecule has 1 saturated carbocycles. The van der Waals surface area contributed by atoms with E-state index in [1.165, 1.54) is 0 Å². The van der Waals surface area contributed by atoms with E-state index in [1.54, 1.807) is 0 Å². The van der Waals surface area contributed by atoms with Crippen LogP contribution in [-0.4, -0.2) is 52.3 Å². The van der Waals surface area contributed by atoms with E-state index in [0.717, 1.165) is 16.7 Å². The number of hydroxylamine groups is 2. The Morgan fingerprint density at radius 2 is 1.18 bits per heavy atom. The Balaban J connectivity index is 1.36. The molecule has 0 amide bonds. The summed E-state index contributed by atoms with van der Waals surface area (Å²) in [6.45, 7) is 1.57. The Morgan fingerprint density at radius 3 is 1.74 bits per heavy atom. The van der Waals surface area contributed by atoms with Crippen LogP contribution in [0.5, 0.6) is 0 Å². The van der Waals surface area contributed by atoms with Crippen LogP contribution in [0.3, 0.4) is 0 Å². The van der Waals surface area contributed by atoms with Gasteiger partial charge in [0.05, 0.1) is 32.0 Å². The fourth-order valence-electron chi connectivity index (χ4n) is 5.00. The van der Waals surface area contributed by atoms with E-state index in [2.05, 4.69) is 0 Å². The molecule has 1 heterocycles. The van der Waals surface area contributed by atoms with E-state index in [4.69, 9.17) is 14.3 Å². The quantitative estimate of drug-likeness (QED) is 0.536. The first kappa shape index (κ1) is 23.2. The van der Waals surface area contributed by atoms with Crippen molar-refractivity contribution in [1.29, 1.82) is 0 Å². The maximum atomic E-state index is 11.4. The van der Waals surface area contributed by atoms with Crippen molar-refractivity contribution < 1.29 is 24.5 Å². The molecule has 1 saturated heterocycles. The molecule has 6 nitrogen and oxygen atoms in total. The third-order valence-electron chi connectivity index (χ3n) is 6.74. The summed E-state index contributed by atoms with van der Waals surface area (Å²) in [4.78, 5) is 6.04. The van der Waals surface area contributed by atoms with Gasteiger partial charge in [0.25, 0.3) is 0 Å². The van der Waals surface area contributed by atoms with Crippen molar-refractivity contribution in [3.63, 3.8) is 0 Å². The number of rotatable bonds is 8. The van der Waals surface area contributed by atoms with Gasteiger partial charge in [-0.3, -0.25) is 4.84 Å². The van der Waals surface area contributed by atoms with Crippen molar-refractivity contribution in [2.45, 2.75) is 50.2 Å². The maximum absolute atomic E-state index is 11.4. The highest BCUT2D eigenvalue weighted by Crippen LogP contribution is 2.39. The highest BCUT2D eigenvalue weighted by molar-refractivity contribution is 5.17.